The lowest BCUT2D eigenvalue weighted by molar-refractivity contribution is -0.139. The van der Waals surface area contributed by atoms with Crippen molar-refractivity contribution >= 4 is 29.4 Å². The van der Waals surface area contributed by atoms with Gasteiger partial charge >= 0.3 is 12.1 Å². The Morgan fingerprint density at radius 2 is 1.96 bits per heavy atom. The molecule has 2 fully saturated rings. The van der Waals surface area contributed by atoms with Crippen LogP contribution in [-0.4, -0.2) is 65.8 Å². The van der Waals surface area contributed by atoms with Crippen LogP contribution in [0.25, 0.3) is 0 Å². The van der Waals surface area contributed by atoms with Gasteiger partial charge in [0.1, 0.15) is 12.6 Å². The molecule has 146 valence electrons. The molecule has 0 aliphatic carbocycles. The molecule has 1 amide bonds. The average molecular weight is 391 g/mol. The fraction of sp³-hybridized carbons (Fsp3) is 0.526. The number of methoxy groups -OCH3 is 1. The molecule has 2 atom stereocenters. The van der Waals surface area contributed by atoms with Crippen molar-refractivity contribution in [2.24, 2.45) is 0 Å². The van der Waals surface area contributed by atoms with E-state index in [1.165, 1.54) is 7.11 Å². The normalized spacial score (nSPS) is 23.1. The van der Waals surface area contributed by atoms with E-state index in [0.29, 0.717) is 5.11 Å². The number of benzene rings is 1. The Kier molecular flexibility index (Phi) is 6.15. The van der Waals surface area contributed by atoms with Gasteiger partial charge in [0.2, 0.25) is 0 Å². The van der Waals surface area contributed by atoms with Crippen molar-refractivity contribution in [2.75, 3.05) is 26.7 Å². The van der Waals surface area contributed by atoms with Crippen LogP contribution in [0.2, 0.25) is 0 Å². The zero-order chi connectivity index (χ0) is 19.4. The molecule has 0 saturated carbocycles. The van der Waals surface area contributed by atoms with Crippen LogP contribution >= 0.6 is 12.2 Å². The van der Waals surface area contributed by atoms with Crippen LogP contribution in [0, 0.1) is 0 Å². The SMILES string of the molecule is COC(=O)CNC(=S)N1CCC(N2C(=O)O[C@@H](c3ccccc3)[C@H]2C)CC1. The van der Waals surface area contributed by atoms with Gasteiger partial charge in [-0.05, 0) is 37.5 Å². The summed E-state index contributed by atoms with van der Waals surface area (Å²) in [5.74, 6) is -0.354. The number of rotatable bonds is 4. The van der Waals surface area contributed by atoms with Gasteiger partial charge in [-0.2, -0.15) is 0 Å². The molecule has 8 heteroatoms. The van der Waals surface area contributed by atoms with Gasteiger partial charge in [-0.25, -0.2) is 4.79 Å². The average Bonchev–Trinajstić information content (AvgIpc) is 3.00. The van der Waals surface area contributed by atoms with E-state index < -0.39 is 0 Å². The molecule has 2 aliphatic heterocycles. The van der Waals surface area contributed by atoms with E-state index in [4.69, 9.17) is 17.0 Å². The lowest BCUT2D eigenvalue weighted by Crippen LogP contribution is -2.51. The lowest BCUT2D eigenvalue weighted by atomic mass is 9.98. The summed E-state index contributed by atoms with van der Waals surface area (Å²) in [6, 6.07) is 9.97. The Hall–Kier alpha value is -2.35. The summed E-state index contributed by atoms with van der Waals surface area (Å²) in [5, 5.41) is 3.45. The topological polar surface area (TPSA) is 71.1 Å². The van der Waals surface area contributed by atoms with Crippen LogP contribution in [0.1, 0.15) is 31.4 Å². The first kappa shape index (κ1) is 19.4. The molecule has 0 aromatic heterocycles. The summed E-state index contributed by atoms with van der Waals surface area (Å²) >= 11 is 5.34. The molecule has 2 saturated heterocycles. The number of nitrogens with zero attached hydrogens (tertiary/aromatic N) is 2. The van der Waals surface area contributed by atoms with Gasteiger partial charge in [-0.3, -0.25) is 9.69 Å². The molecule has 7 nitrogen and oxygen atoms in total. The smallest absolute Gasteiger partial charge is 0.411 e. The van der Waals surface area contributed by atoms with Gasteiger partial charge in [0, 0.05) is 19.1 Å². The summed E-state index contributed by atoms with van der Waals surface area (Å²) in [4.78, 5) is 27.6. The lowest BCUT2D eigenvalue weighted by Gasteiger charge is -2.38. The first-order chi connectivity index (χ1) is 13.0. The fourth-order valence-electron chi connectivity index (χ4n) is 3.73. The minimum absolute atomic E-state index is 0.0131. The second kappa shape index (κ2) is 8.56. The van der Waals surface area contributed by atoms with Crippen LogP contribution in [0.4, 0.5) is 4.79 Å². The molecule has 1 aromatic rings. The maximum atomic E-state index is 12.5. The molecule has 0 bridgehead atoms. The van der Waals surface area contributed by atoms with Crippen molar-refractivity contribution in [3.63, 3.8) is 0 Å². The van der Waals surface area contributed by atoms with Crippen molar-refractivity contribution in [2.45, 2.75) is 38.0 Å². The van der Waals surface area contributed by atoms with E-state index in [0.717, 1.165) is 31.5 Å². The summed E-state index contributed by atoms with van der Waals surface area (Å²) in [5.41, 5.74) is 1.02. The second-order valence-corrected chi connectivity index (χ2v) is 7.20. The highest BCUT2D eigenvalue weighted by molar-refractivity contribution is 7.80. The molecule has 2 heterocycles. The van der Waals surface area contributed by atoms with Crippen LogP contribution < -0.4 is 5.32 Å². The third-order valence-corrected chi connectivity index (χ3v) is 5.60. The van der Waals surface area contributed by atoms with E-state index >= 15 is 0 Å². The number of likely N-dealkylation sites (tertiary alicyclic amines) is 1. The van der Waals surface area contributed by atoms with E-state index in [9.17, 15) is 9.59 Å². The molecule has 0 radical (unpaired) electrons. The predicted octanol–water partition coefficient (Wildman–Crippen LogP) is 2.08. The van der Waals surface area contributed by atoms with Crippen LogP contribution in [0.15, 0.2) is 30.3 Å². The Labute approximate surface area is 164 Å². The number of thiocarbonyl (C=S) groups is 1. The summed E-state index contributed by atoms with van der Waals surface area (Å²) in [7, 11) is 1.34. The third kappa shape index (κ3) is 4.32. The maximum Gasteiger partial charge on any atom is 0.411 e. The molecular weight excluding hydrogens is 366 g/mol. The van der Waals surface area contributed by atoms with Crippen molar-refractivity contribution in [3.8, 4) is 0 Å². The number of piperidine rings is 1. The number of hydrogen-bond acceptors (Lipinski definition) is 5. The number of nitrogens with one attached hydrogen (secondary N) is 1. The second-order valence-electron chi connectivity index (χ2n) is 6.82. The van der Waals surface area contributed by atoms with E-state index in [-0.39, 0.29) is 36.8 Å². The van der Waals surface area contributed by atoms with Crippen LogP contribution in [0.3, 0.4) is 0 Å². The Balaban J connectivity index is 1.55. The standard InChI is InChI=1S/C19H25N3O4S/c1-13-17(14-6-4-3-5-7-14)26-19(24)22(13)15-8-10-21(11-9-15)18(27)20-12-16(23)25-2/h3-7,13,15,17H,8-12H2,1-2H3,(H,20,27)/t13-,17-/m1/s1. The van der Waals surface area contributed by atoms with Crippen molar-refractivity contribution in [1.82, 2.24) is 15.1 Å². The van der Waals surface area contributed by atoms with Gasteiger partial charge in [0.05, 0.1) is 13.2 Å². The van der Waals surface area contributed by atoms with Gasteiger partial charge in [0.15, 0.2) is 5.11 Å². The number of hydrogen-bond donors (Lipinski definition) is 1. The molecule has 3 rings (SSSR count). The number of amides is 1. The minimum Gasteiger partial charge on any atom is -0.468 e. The predicted molar refractivity (Wildman–Crippen MR) is 104 cm³/mol. The molecule has 2 aliphatic rings. The Morgan fingerprint density at radius 3 is 2.59 bits per heavy atom. The summed E-state index contributed by atoms with van der Waals surface area (Å²) in [6.07, 6.45) is 1.13. The number of carbonyl (C=O) groups excluding carboxylic acids is 2. The molecule has 1 N–H and O–H groups in total. The van der Waals surface area contributed by atoms with Crippen LogP contribution in [-0.2, 0) is 14.3 Å². The Bertz CT molecular complexity index is 691. The van der Waals surface area contributed by atoms with Gasteiger partial charge in [-0.15, -0.1) is 0 Å². The molecule has 1 aromatic carbocycles. The van der Waals surface area contributed by atoms with Crippen molar-refractivity contribution < 1.29 is 19.1 Å². The summed E-state index contributed by atoms with van der Waals surface area (Å²) in [6.45, 7) is 3.55. The molecular formula is C19H25N3O4S. The zero-order valence-corrected chi connectivity index (χ0v) is 16.4. The number of cyclic esters (lactones) is 1. The third-order valence-electron chi connectivity index (χ3n) is 5.20. The van der Waals surface area contributed by atoms with Crippen molar-refractivity contribution in [3.05, 3.63) is 35.9 Å². The van der Waals surface area contributed by atoms with Gasteiger partial charge in [0.25, 0.3) is 0 Å². The number of ether oxygens (including phenoxy) is 2. The number of carbonyl (C=O) groups is 2. The van der Waals surface area contributed by atoms with Gasteiger partial charge < -0.3 is 19.7 Å². The Morgan fingerprint density at radius 1 is 1.30 bits per heavy atom. The highest BCUT2D eigenvalue weighted by atomic mass is 32.1. The molecule has 27 heavy (non-hydrogen) atoms. The fourth-order valence-corrected chi connectivity index (χ4v) is 3.98. The monoisotopic (exact) mass is 391 g/mol. The zero-order valence-electron chi connectivity index (χ0n) is 15.6. The largest absolute Gasteiger partial charge is 0.468 e. The maximum absolute atomic E-state index is 12.5. The first-order valence-electron chi connectivity index (χ1n) is 9.14. The van der Waals surface area contributed by atoms with E-state index in [2.05, 4.69) is 10.1 Å². The summed E-state index contributed by atoms with van der Waals surface area (Å²) < 4.78 is 10.3. The van der Waals surface area contributed by atoms with E-state index in [1.54, 1.807) is 0 Å². The molecule has 0 unspecified atom stereocenters. The quantitative estimate of drug-likeness (QED) is 0.622. The highest BCUT2D eigenvalue weighted by Crippen LogP contribution is 2.35. The minimum atomic E-state index is -0.354. The van der Waals surface area contributed by atoms with Crippen molar-refractivity contribution in [1.29, 1.82) is 0 Å². The van der Waals surface area contributed by atoms with Crippen LogP contribution in [0.5, 0.6) is 0 Å². The highest BCUT2D eigenvalue weighted by Gasteiger charge is 2.44. The van der Waals surface area contributed by atoms with E-state index in [1.807, 2.05) is 47.1 Å². The van der Waals surface area contributed by atoms with Gasteiger partial charge in [-0.1, -0.05) is 30.3 Å². The molecule has 0 spiro atoms. The number of esters is 1. The first-order valence-corrected chi connectivity index (χ1v) is 9.55.